The predicted octanol–water partition coefficient (Wildman–Crippen LogP) is 10.8. The van der Waals surface area contributed by atoms with E-state index in [1.165, 1.54) is 22.4 Å². The first-order valence-corrected chi connectivity index (χ1v) is 23.7. The molecule has 0 aliphatic rings. The fourth-order valence-electron chi connectivity index (χ4n) is 4.86. The number of carbonyl (C=O) groups is 2. The Labute approximate surface area is 393 Å². The van der Waals surface area contributed by atoms with E-state index in [0.29, 0.717) is 17.3 Å². The Morgan fingerprint density at radius 1 is 0.692 bits per heavy atom. The number of carboxylic acids is 1. The first kappa shape index (κ1) is 52.6. The van der Waals surface area contributed by atoms with E-state index in [9.17, 15) is 52.8 Å². The van der Waals surface area contributed by atoms with Gasteiger partial charge in [-0.05, 0) is 62.4 Å². The summed E-state index contributed by atoms with van der Waals surface area (Å²) in [6.45, 7) is 4.90. The molecule has 0 atom stereocenters. The van der Waals surface area contributed by atoms with E-state index in [0.717, 1.165) is 60.5 Å². The zero-order chi connectivity index (χ0) is 48.5. The van der Waals surface area contributed by atoms with Gasteiger partial charge in [0.15, 0.2) is 21.7 Å². The molecule has 4 heterocycles. The highest BCUT2D eigenvalue weighted by Crippen LogP contribution is 2.38. The second kappa shape index (κ2) is 22.0. The van der Waals surface area contributed by atoms with Gasteiger partial charge in [0.05, 0.1) is 52.4 Å². The first-order valence-electron chi connectivity index (χ1n) is 17.5. The van der Waals surface area contributed by atoms with E-state index in [4.69, 9.17) is 51.5 Å². The fourth-order valence-corrected chi connectivity index (χ4v) is 9.10. The topological polar surface area (TPSA) is 214 Å². The summed E-state index contributed by atoms with van der Waals surface area (Å²) in [4.78, 5) is 39.4. The Hall–Kier alpha value is -5.02. The van der Waals surface area contributed by atoms with Gasteiger partial charge in [0.25, 0.3) is 26.0 Å². The highest BCUT2D eigenvalue weighted by molar-refractivity contribution is 7.93. The smallest absolute Gasteiger partial charge is 0.417 e. The van der Waals surface area contributed by atoms with Gasteiger partial charge in [-0.1, -0.05) is 46.4 Å². The number of nitrogens with one attached hydrogen (secondary N) is 3. The van der Waals surface area contributed by atoms with Crippen molar-refractivity contribution in [2.75, 3.05) is 32.8 Å². The first-order chi connectivity index (χ1) is 30.3. The number of thiazole rings is 2. The molecule has 348 valence electrons. The molecule has 1 amide bonds. The summed E-state index contributed by atoms with van der Waals surface area (Å²) in [5.74, 6) is -2.23. The number of benzene rings is 2. The summed E-state index contributed by atoms with van der Waals surface area (Å²) in [6, 6.07) is 6.19. The van der Waals surface area contributed by atoms with Crippen LogP contribution in [0.25, 0.3) is 0 Å². The summed E-state index contributed by atoms with van der Waals surface area (Å²) < 4.78 is 132. The van der Waals surface area contributed by atoms with Crippen molar-refractivity contribution in [3.8, 4) is 0 Å². The normalized spacial score (nSPS) is 11.6. The lowest BCUT2D eigenvalue weighted by atomic mass is 10.2. The SMILES string of the molecule is CCN(C(=O)c1ncc(Cl)cc1NS(=O)(=O)c1ccc(Cl)c(C(F)(F)F)c1)c1nccs1.CCNc1nccs1.O=C(O)c1ncc(Cl)cc1NS(=O)(=O)c1ccc(Cl)c(C(F)(F)F)c1. The third kappa shape index (κ3) is 14.2. The number of carboxylic acid groups (broad SMARTS) is 1. The van der Waals surface area contributed by atoms with Gasteiger partial charge < -0.3 is 10.4 Å². The lowest BCUT2D eigenvalue weighted by molar-refractivity contribution is -0.138. The van der Waals surface area contributed by atoms with Crippen molar-refractivity contribution >= 4 is 123 Å². The molecule has 4 N–H and O–H groups in total. The lowest BCUT2D eigenvalue weighted by Crippen LogP contribution is -2.32. The van der Waals surface area contributed by atoms with Crippen LogP contribution in [-0.2, 0) is 32.4 Å². The fraction of sp³-hybridized carbons (Fsp3) is 0.167. The van der Waals surface area contributed by atoms with E-state index >= 15 is 0 Å². The second-order valence-corrected chi connectivity index (χ2v) is 18.9. The number of hydrogen-bond donors (Lipinski definition) is 4. The van der Waals surface area contributed by atoms with Crippen LogP contribution >= 0.6 is 69.1 Å². The molecule has 65 heavy (non-hydrogen) atoms. The zero-order valence-corrected chi connectivity index (χ0v) is 38.8. The number of carbonyl (C=O) groups excluding carboxylic acids is 1. The van der Waals surface area contributed by atoms with Crippen molar-refractivity contribution < 1.29 is 57.9 Å². The van der Waals surface area contributed by atoms with Crippen LogP contribution in [0.15, 0.2) is 93.9 Å². The Bertz CT molecular complexity index is 2860. The molecule has 0 aliphatic carbocycles. The maximum absolute atomic E-state index is 13.1. The third-order valence-electron chi connectivity index (χ3n) is 7.68. The summed E-state index contributed by atoms with van der Waals surface area (Å²) in [6.07, 6.45) is -4.32. The van der Waals surface area contributed by atoms with Crippen molar-refractivity contribution in [3.05, 3.63) is 127 Å². The van der Waals surface area contributed by atoms with Crippen molar-refractivity contribution in [1.29, 1.82) is 0 Å². The maximum Gasteiger partial charge on any atom is 0.417 e. The molecule has 2 aromatic carbocycles. The number of rotatable bonds is 12. The highest BCUT2D eigenvalue weighted by atomic mass is 35.5. The standard InChI is InChI=1S/C18H13Cl2F3N4O3S2.C13H7Cl2F3N2O4S.C5H8N2S/c1-2-27(17-24-5-6-31-17)16(28)15-14(7-10(19)9-25-15)26-32(29,30)11-3-4-13(20)12(8-11)18(21,22)23;14-6-3-10(11(12(21)22)19-5-6)20-25(23,24)7-1-2-9(15)8(4-7)13(16,17)18;1-2-6-5-7-3-4-8-5/h3-9,26H,2H2,1H3;1-5,20H,(H,21,22);3-4H,2H2,1H3,(H,6,7). The molecule has 6 aromatic rings. The molecule has 0 saturated heterocycles. The van der Waals surface area contributed by atoms with Crippen LogP contribution in [-0.4, -0.2) is 66.8 Å². The van der Waals surface area contributed by atoms with E-state index < -0.39 is 86.6 Å². The van der Waals surface area contributed by atoms with Crippen molar-refractivity contribution in [3.63, 3.8) is 0 Å². The van der Waals surface area contributed by atoms with Gasteiger partial charge in [-0.25, -0.2) is 41.6 Å². The van der Waals surface area contributed by atoms with Gasteiger partial charge in [0, 0.05) is 48.6 Å². The minimum absolute atomic E-state index is 0.00336. The number of anilines is 4. The molecule has 15 nitrogen and oxygen atoms in total. The summed E-state index contributed by atoms with van der Waals surface area (Å²) in [7, 11) is -9.12. The number of aromatic nitrogens is 4. The predicted molar refractivity (Wildman–Crippen MR) is 236 cm³/mol. The summed E-state index contributed by atoms with van der Waals surface area (Å²) >= 11 is 25.4. The summed E-state index contributed by atoms with van der Waals surface area (Å²) in [5, 5.41) is 15.7. The lowest BCUT2D eigenvalue weighted by Gasteiger charge is -2.19. The molecular formula is C36H28Cl4F6N8O7S4. The van der Waals surface area contributed by atoms with Gasteiger partial charge in [0.1, 0.15) is 0 Å². The van der Waals surface area contributed by atoms with Gasteiger partial charge in [-0.15, -0.1) is 22.7 Å². The van der Waals surface area contributed by atoms with Gasteiger partial charge in [-0.2, -0.15) is 26.3 Å². The van der Waals surface area contributed by atoms with E-state index in [-0.39, 0.29) is 28.0 Å². The van der Waals surface area contributed by atoms with Gasteiger partial charge >= 0.3 is 18.3 Å². The van der Waals surface area contributed by atoms with Crippen LogP contribution in [0.2, 0.25) is 20.1 Å². The summed E-state index contributed by atoms with van der Waals surface area (Å²) in [5.41, 5.74) is -4.44. The molecule has 0 bridgehead atoms. The largest absolute Gasteiger partial charge is 0.476 e. The Morgan fingerprint density at radius 3 is 1.55 bits per heavy atom. The van der Waals surface area contributed by atoms with Crippen molar-refractivity contribution in [2.45, 2.75) is 36.0 Å². The number of alkyl halides is 6. The van der Waals surface area contributed by atoms with E-state index in [1.807, 2.05) is 10.1 Å². The van der Waals surface area contributed by atoms with Crippen LogP contribution in [0, 0.1) is 0 Å². The zero-order valence-electron chi connectivity index (χ0n) is 32.5. The molecule has 0 aliphatic heterocycles. The molecule has 0 saturated carbocycles. The number of pyridine rings is 2. The molecule has 0 fully saturated rings. The monoisotopic (exact) mass is 1070 g/mol. The maximum atomic E-state index is 13.1. The van der Waals surface area contributed by atoms with Crippen molar-refractivity contribution in [2.24, 2.45) is 0 Å². The van der Waals surface area contributed by atoms with E-state index in [1.54, 1.807) is 29.8 Å². The Morgan fingerprint density at radius 2 is 1.15 bits per heavy atom. The minimum Gasteiger partial charge on any atom is -0.476 e. The van der Waals surface area contributed by atoms with Crippen LogP contribution < -0.4 is 19.7 Å². The molecular weight excluding hydrogens is 1040 g/mol. The molecule has 0 radical (unpaired) electrons. The average Bonchev–Trinajstić information content (AvgIpc) is 3.93. The second-order valence-electron chi connectivity index (χ2n) is 12.1. The van der Waals surface area contributed by atoms with Crippen LogP contribution in [0.1, 0.15) is 46.0 Å². The molecule has 6 rings (SSSR count). The Kier molecular flexibility index (Phi) is 17.8. The number of sulfonamides is 2. The molecule has 0 spiro atoms. The number of halogens is 10. The van der Waals surface area contributed by atoms with Crippen LogP contribution in [0.4, 0.5) is 48.0 Å². The van der Waals surface area contributed by atoms with Gasteiger partial charge in [0.2, 0.25) is 0 Å². The number of amides is 1. The quantitative estimate of drug-likeness (QED) is 0.0843. The minimum atomic E-state index is -4.87. The molecule has 29 heteroatoms. The van der Waals surface area contributed by atoms with E-state index in [2.05, 4.69) is 36.9 Å². The number of nitrogens with zero attached hydrogens (tertiary/aromatic N) is 5. The molecule has 4 aromatic heterocycles. The Balaban J connectivity index is 0.000000248. The number of aromatic carboxylic acids is 1. The van der Waals surface area contributed by atoms with Gasteiger partial charge in [-0.3, -0.25) is 19.1 Å². The third-order valence-corrected chi connectivity index (χ3v) is 13.0. The van der Waals surface area contributed by atoms with Crippen LogP contribution in [0.3, 0.4) is 0 Å². The molecule has 0 unspecified atom stereocenters. The van der Waals surface area contributed by atoms with Crippen LogP contribution in [0.5, 0.6) is 0 Å². The number of hydrogen-bond acceptors (Lipinski definition) is 13. The average molecular weight is 1070 g/mol. The highest BCUT2D eigenvalue weighted by Gasteiger charge is 2.36. The van der Waals surface area contributed by atoms with Crippen molar-refractivity contribution in [1.82, 2.24) is 19.9 Å².